The van der Waals surface area contributed by atoms with Crippen molar-refractivity contribution in [2.75, 3.05) is 30.5 Å². The molecule has 1 aromatic rings. The largest absolute Gasteiger partial charge is 0.464 e. The molecule has 0 amide bonds. The highest BCUT2D eigenvalue weighted by atomic mass is 35.5. The first-order valence-electron chi connectivity index (χ1n) is 6.20. The number of carbonyl (C=O) groups is 1. The first kappa shape index (κ1) is 14.8. The second-order valence-electron chi connectivity index (χ2n) is 4.08. The Labute approximate surface area is 114 Å². The topological polar surface area (TPSA) is 29.5 Å². The lowest BCUT2D eigenvalue weighted by atomic mass is 10.2. The van der Waals surface area contributed by atoms with Crippen LogP contribution in [0.25, 0.3) is 0 Å². The number of likely N-dealkylation sites (N-methyl/N-ethyl adjacent to an activating group) is 1. The molecule has 0 aliphatic carbocycles. The van der Waals surface area contributed by atoms with Gasteiger partial charge in [-0.15, -0.1) is 11.6 Å². The van der Waals surface area contributed by atoms with Gasteiger partial charge in [-0.25, -0.2) is 0 Å². The Balaban J connectivity index is 2.45. The summed E-state index contributed by atoms with van der Waals surface area (Å²) in [5.41, 5.74) is 2.39. The number of benzene rings is 1. The molecule has 0 aliphatic rings. The first-order valence-corrected chi connectivity index (χ1v) is 6.74. The number of halogens is 1. The molecule has 4 heteroatoms. The fourth-order valence-electron chi connectivity index (χ4n) is 1.71. The van der Waals surface area contributed by atoms with E-state index in [0.717, 1.165) is 12.2 Å². The molecule has 0 fully saturated rings. The van der Waals surface area contributed by atoms with E-state index in [1.165, 1.54) is 5.56 Å². The van der Waals surface area contributed by atoms with Crippen LogP contribution < -0.4 is 4.90 Å². The van der Waals surface area contributed by atoms with E-state index in [9.17, 15) is 4.79 Å². The maximum Gasteiger partial charge on any atom is 0.307 e. The third-order valence-electron chi connectivity index (χ3n) is 2.67. The van der Waals surface area contributed by atoms with E-state index in [2.05, 4.69) is 36.9 Å². The summed E-state index contributed by atoms with van der Waals surface area (Å²) in [5, 5.41) is 0. The second-order valence-corrected chi connectivity index (χ2v) is 4.46. The van der Waals surface area contributed by atoms with E-state index < -0.39 is 0 Å². The Bertz CT molecular complexity index is 382. The van der Waals surface area contributed by atoms with E-state index in [4.69, 9.17) is 16.3 Å². The van der Waals surface area contributed by atoms with Crippen LogP contribution in [0.1, 0.15) is 18.9 Å². The molecule has 1 rings (SSSR count). The number of aryl methyl sites for hydroxylation is 1. The van der Waals surface area contributed by atoms with Crippen LogP contribution in [0.3, 0.4) is 0 Å². The third-order valence-corrected chi connectivity index (χ3v) is 2.86. The molecule has 1 aromatic carbocycles. The zero-order valence-corrected chi connectivity index (χ0v) is 11.7. The van der Waals surface area contributed by atoms with Crippen LogP contribution in [0.15, 0.2) is 24.3 Å². The van der Waals surface area contributed by atoms with Crippen LogP contribution in [-0.4, -0.2) is 31.5 Å². The van der Waals surface area contributed by atoms with Crippen molar-refractivity contribution >= 4 is 23.3 Å². The predicted molar refractivity (Wildman–Crippen MR) is 75.4 cm³/mol. The van der Waals surface area contributed by atoms with Gasteiger partial charge in [0.2, 0.25) is 0 Å². The van der Waals surface area contributed by atoms with Gasteiger partial charge < -0.3 is 9.64 Å². The first-order chi connectivity index (χ1) is 8.67. The van der Waals surface area contributed by atoms with Crippen molar-refractivity contribution in [2.45, 2.75) is 20.3 Å². The predicted octanol–water partition coefficient (Wildman–Crippen LogP) is 2.99. The monoisotopic (exact) mass is 269 g/mol. The minimum absolute atomic E-state index is 0.231. The van der Waals surface area contributed by atoms with Crippen molar-refractivity contribution < 1.29 is 9.53 Å². The summed E-state index contributed by atoms with van der Waals surface area (Å²) < 4.78 is 5.10. The van der Waals surface area contributed by atoms with Crippen molar-refractivity contribution in [3.8, 4) is 0 Å². The molecule has 0 unspecified atom stereocenters. The van der Waals surface area contributed by atoms with Crippen molar-refractivity contribution in [3.05, 3.63) is 29.8 Å². The molecule has 100 valence electrons. The van der Waals surface area contributed by atoms with E-state index >= 15 is 0 Å². The maximum absolute atomic E-state index is 11.2. The molecule has 0 N–H and O–H groups in total. The quantitative estimate of drug-likeness (QED) is 0.563. The molecule has 0 bridgehead atoms. The SMILES string of the molecule is CCN(CCOC(=O)CCCl)c1cccc(C)c1. The molecular formula is C14H20ClNO2. The highest BCUT2D eigenvalue weighted by Gasteiger charge is 2.06. The Morgan fingerprint density at radius 3 is 2.83 bits per heavy atom. The van der Waals surface area contributed by atoms with Crippen LogP contribution >= 0.6 is 11.6 Å². The summed E-state index contributed by atoms with van der Waals surface area (Å²) in [5.74, 6) is 0.0825. The van der Waals surface area contributed by atoms with Gasteiger partial charge in [0.1, 0.15) is 6.61 Å². The number of hydrogen-bond donors (Lipinski definition) is 0. The van der Waals surface area contributed by atoms with E-state index in [1.807, 2.05) is 6.07 Å². The summed E-state index contributed by atoms with van der Waals surface area (Å²) in [6, 6.07) is 8.30. The van der Waals surface area contributed by atoms with Crippen molar-refractivity contribution in [1.82, 2.24) is 0 Å². The second kappa shape index (κ2) is 7.98. The lowest BCUT2D eigenvalue weighted by Gasteiger charge is -2.23. The Hall–Kier alpha value is -1.22. The van der Waals surface area contributed by atoms with Gasteiger partial charge in [0.15, 0.2) is 0 Å². The normalized spacial score (nSPS) is 10.2. The zero-order chi connectivity index (χ0) is 13.4. The van der Waals surface area contributed by atoms with E-state index in [-0.39, 0.29) is 12.4 Å². The minimum Gasteiger partial charge on any atom is -0.464 e. The van der Waals surface area contributed by atoms with Gasteiger partial charge in [-0.1, -0.05) is 12.1 Å². The summed E-state index contributed by atoms with van der Waals surface area (Å²) in [4.78, 5) is 13.4. The Morgan fingerprint density at radius 2 is 2.22 bits per heavy atom. The van der Waals surface area contributed by atoms with Crippen molar-refractivity contribution in [3.63, 3.8) is 0 Å². The van der Waals surface area contributed by atoms with Gasteiger partial charge in [0, 0.05) is 18.1 Å². The van der Waals surface area contributed by atoms with Gasteiger partial charge >= 0.3 is 5.97 Å². The highest BCUT2D eigenvalue weighted by molar-refractivity contribution is 6.18. The van der Waals surface area contributed by atoms with Crippen LogP contribution in [0.2, 0.25) is 0 Å². The molecular weight excluding hydrogens is 250 g/mol. The fraction of sp³-hybridized carbons (Fsp3) is 0.500. The van der Waals surface area contributed by atoms with Gasteiger partial charge in [0.25, 0.3) is 0 Å². The lowest BCUT2D eigenvalue weighted by Crippen LogP contribution is -2.28. The Morgan fingerprint density at radius 1 is 1.44 bits per heavy atom. The molecule has 0 spiro atoms. The van der Waals surface area contributed by atoms with Crippen LogP contribution in [0, 0.1) is 6.92 Å². The number of ether oxygens (including phenoxy) is 1. The molecule has 0 atom stereocenters. The van der Waals surface area contributed by atoms with Crippen LogP contribution in [0.4, 0.5) is 5.69 Å². The van der Waals surface area contributed by atoms with E-state index in [0.29, 0.717) is 19.0 Å². The van der Waals surface area contributed by atoms with E-state index in [1.54, 1.807) is 0 Å². The number of nitrogens with zero attached hydrogens (tertiary/aromatic N) is 1. The molecule has 18 heavy (non-hydrogen) atoms. The van der Waals surface area contributed by atoms with Crippen LogP contribution in [-0.2, 0) is 9.53 Å². The zero-order valence-electron chi connectivity index (χ0n) is 11.0. The van der Waals surface area contributed by atoms with Crippen molar-refractivity contribution in [1.29, 1.82) is 0 Å². The molecule has 0 aliphatic heterocycles. The number of hydrogen-bond acceptors (Lipinski definition) is 3. The van der Waals surface area contributed by atoms with Gasteiger partial charge in [-0.2, -0.15) is 0 Å². The van der Waals surface area contributed by atoms with Crippen molar-refractivity contribution in [2.24, 2.45) is 0 Å². The fourth-order valence-corrected chi connectivity index (χ4v) is 1.87. The third kappa shape index (κ3) is 4.96. The number of anilines is 1. The van der Waals surface area contributed by atoms with Gasteiger partial charge in [-0.3, -0.25) is 4.79 Å². The molecule has 0 saturated heterocycles. The maximum atomic E-state index is 11.2. The average molecular weight is 270 g/mol. The number of carbonyl (C=O) groups excluding carboxylic acids is 1. The number of alkyl halides is 1. The summed E-state index contributed by atoms with van der Waals surface area (Å²) >= 11 is 5.47. The highest BCUT2D eigenvalue weighted by Crippen LogP contribution is 2.15. The smallest absolute Gasteiger partial charge is 0.307 e. The summed E-state index contributed by atoms with van der Waals surface area (Å²) in [6.07, 6.45) is 0.276. The molecule has 3 nitrogen and oxygen atoms in total. The van der Waals surface area contributed by atoms with Gasteiger partial charge in [0.05, 0.1) is 13.0 Å². The Kier molecular flexibility index (Phi) is 6.58. The van der Waals surface area contributed by atoms with Gasteiger partial charge in [-0.05, 0) is 31.5 Å². The van der Waals surface area contributed by atoms with Crippen LogP contribution in [0.5, 0.6) is 0 Å². The molecule has 0 radical (unpaired) electrons. The number of rotatable bonds is 7. The minimum atomic E-state index is -0.231. The molecule has 0 saturated carbocycles. The molecule has 0 heterocycles. The standard InChI is InChI=1S/C14H20ClNO2/c1-3-16(9-10-18-14(17)7-8-15)13-6-4-5-12(2)11-13/h4-6,11H,3,7-10H2,1-2H3. The number of esters is 1. The molecule has 0 aromatic heterocycles. The lowest BCUT2D eigenvalue weighted by molar-refractivity contribution is -0.142. The average Bonchev–Trinajstić information content (AvgIpc) is 2.35. The summed E-state index contributed by atoms with van der Waals surface area (Å²) in [6.45, 7) is 6.14. The summed E-state index contributed by atoms with van der Waals surface area (Å²) in [7, 11) is 0.